The van der Waals surface area contributed by atoms with E-state index in [0.29, 0.717) is 6.54 Å². The molecule has 4 nitrogen and oxygen atoms in total. The van der Waals surface area contributed by atoms with Crippen LogP contribution in [0.3, 0.4) is 0 Å². The van der Waals surface area contributed by atoms with Crippen molar-refractivity contribution in [3.63, 3.8) is 0 Å². The number of carbonyl (C=O) groups is 1. The number of benzene rings is 4. The number of aryl methyl sites for hydroxylation is 1. The van der Waals surface area contributed by atoms with Gasteiger partial charge in [0.25, 0.3) is 0 Å². The number of amides is 1. The predicted octanol–water partition coefficient (Wildman–Crippen LogP) is 6.00. The van der Waals surface area contributed by atoms with Gasteiger partial charge in [-0.05, 0) is 52.6 Å². The molecule has 0 aliphatic carbocycles. The molecule has 1 N–H and O–H groups in total. The normalized spacial score (nSPS) is 11.4. The monoisotopic (exact) mass is 445 g/mol. The Morgan fingerprint density at radius 2 is 1.62 bits per heavy atom. The van der Waals surface area contributed by atoms with Crippen molar-refractivity contribution in [1.29, 1.82) is 0 Å². The van der Waals surface area contributed by atoms with Crippen LogP contribution in [0.2, 0.25) is 0 Å². The lowest BCUT2D eigenvalue weighted by Crippen LogP contribution is -2.22. The Hall–Kier alpha value is -4.18. The van der Waals surface area contributed by atoms with E-state index in [1.807, 2.05) is 42.5 Å². The van der Waals surface area contributed by atoms with Crippen molar-refractivity contribution in [2.24, 2.45) is 0 Å². The van der Waals surface area contributed by atoms with Crippen LogP contribution in [0.4, 0.5) is 0 Å². The van der Waals surface area contributed by atoms with Crippen LogP contribution < -0.4 is 5.32 Å². The molecule has 0 radical (unpaired) electrons. The van der Waals surface area contributed by atoms with Gasteiger partial charge in [-0.15, -0.1) is 0 Å². The molecule has 0 fully saturated rings. The van der Waals surface area contributed by atoms with Crippen LogP contribution in [0, 0.1) is 0 Å². The van der Waals surface area contributed by atoms with Crippen LogP contribution in [-0.4, -0.2) is 22.0 Å². The Morgan fingerprint density at radius 1 is 0.853 bits per heavy atom. The Morgan fingerprint density at radius 3 is 2.50 bits per heavy atom. The summed E-state index contributed by atoms with van der Waals surface area (Å²) in [6.45, 7) is 1.38. The number of fused-ring (bicyclic) bond motifs is 2. The zero-order chi connectivity index (χ0) is 23.2. The molecule has 34 heavy (non-hydrogen) atoms. The third kappa shape index (κ3) is 5.07. The second-order valence-electron chi connectivity index (χ2n) is 8.42. The minimum Gasteiger partial charge on any atom is -0.353 e. The molecule has 0 aliphatic rings. The topological polar surface area (TPSA) is 46.9 Å². The Balaban J connectivity index is 1.26. The lowest BCUT2D eigenvalue weighted by molar-refractivity contribution is -0.116. The van der Waals surface area contributed by atoms with E-state index in [1.165, 1.54) is 16.3 Å². The fourth-order valence-corrected chi connectivity index (χ4v) is 4.27. The summed E-state index contributed by atoms with van der Waals surface area (Å²) in [5.74, 6) is 0.969. The van der Waals surface area contributed by atoms with Crippen LogP contribution in [0.1, 0.15) is 23.4 Å². The van der Waals surface area contributed by atoms with Gasteiger partial charge < -0.3 is 9.88 Å². The van der Waals surface area contributed by atoms with Crippen LogP contribution in [0.15, 0.2) is 103 Å². The number of aromatic nitrogens is 2. The van der Waals surface area contributed by atoms with Crippen molar-refractivity contribution in [2.45, 2.75) is 19.4 Å². The highest BCUT2D eigenvalue weighted by atomic mass is 16.1. The molecular formula is C30H27N3O. The third-order valence-corrected chi connectivity index (χ3v) is 5.99. The Labute approximate surface area is 199 Å². The van der Waals surface area contributed by atoms with Gasteiger partial charge in [-0.1, -0.05) is 78.9 Å². The minimum atomic E-state index is -0.0754. The van der Waals surface area contributed by atoms with Gasteiger partial charge in [-0.2, -0.15) is 0 Å². The quantitative estimate of drug-likeness (QED) is 0.235. The lowest BCUT2D eigenvalue weighted by atomic mass is 10.1. The van der Waals surface area contributed by atoms with E-state index >= 15 is 0 Å². The van der Waals surface area contributed by atoms with E-state index in [0.717, 1.165) is 41.8 Å². The minimum absolute atomic E-state index is 0.0754. The molecule has 1 amide bonds. The summed E-state index contributed by atoms with van der Waals surface area (Å²) in [5, 5.41) is 5.48. The average Bonchev–Trinajstić information content (AvgIpc) is 3.23. The predicted molar refractivity (Wildman–Crippen MR) is 140 cm³/mol. The van der Waals surface area contributed by atoms with E-state index < -0.39 is 0 Å². The van der Waals surface area contributed by atoms with Gasteiger partial charge in [0.15, 0.2) is 0 Å². The fourth-order valence-electron chi connectivity index (χ4n) is 4.27. The molecule has 1 heterocycles. The number of hydrogen-bond acceptors (Lipinski definition) is 2. The van der Waals surface area contributed by atoms with Crippen molar-refractivity contribution < 1.29 is 4.79 Å². The Kier molecular flexibility index (Phi) is 6.48. The van der Waals surface area contributed by atoms with Crippen molar-refractivity contribution in [2.75, 3.05) is 6.54 Å². The number of hydrogen-bond donors (Lipinski definition) is 1. The standard InChI is InChI=1S/C30H27N3O/c34-30(19-17-23-9-2-1-3-10-23)31-20-8-15-29-32-27-13-6-7-14-28(27)33(29)22-24-16-18-25-11-4-5-12-26(25)21-24/h1-7,9-14,16-19,21H,8,15,20,22H2,(H,31,34)/b19-17+. The first kappa shape index (κ1) is 21.7. The van der Waals surface area contributed by atoms with Crippen LogP contribution in [-0.2, 0) is 17.8 Å². The van der Waals surface area contributed by atoms with Crippen LogP contribution >= 0.6 is 0 Å². The fraction of sp³-hybridized carbons (Fsp3) is 0.133. The number of nitrogens with one attached hydrogen (secondary N) is 1. The molecule has 4 heteroatoms. The molecular weight excluding hydrogens is 418 g/mol. The van der Waals surface area contributed by atoms with Gasteiger partial charge in [0.1, 0.15) is 5.82 Å². The summed E-state index contributed by atoms with van der Waals surface area (Å²) in [5.41, 5.74) is 4.41. The van der Waals surface area contributed by atoms with Gasteiger partial charge >= 0.3 is 0 Å². The van der Waals surface area contributed by atoms with Gasteiger partial charge in [-0.25, -0.2) is 4.98 Å². The first-order valence-corrected chi connectivity index (χ1v) is 11.7. The zero-order valence-electron chi connectivity index (χ0n) is 19.0. The summed E-state index contributed by atoms with van der Waals surface area (Å²) < 4.78 is 2.30. The maximum Gasteiger partial charge on any atom is 0.243 e. The number of imidazole rings is 1. The molecule has 0 saturated heterocycles. The number of rotatable bonds is 8. The van der Waals surface area contributed by atoms with Gasteiger partial charge in [0.05, 0.1) is 11.0 Å². The molecule has 168 valence electrons. The SMILES string of the molecule is O=C(/C=C/c1ccccc1)NCCCc1nc2ccccc2n1Cc1ccc2ccccc2c1. The molecule has 0 unspecified atom stereocenters. The van der Waals surface area contributed by atoms with Crippen molar-refractivity contribution in [3.05, 3.63) is 120 Å². The van der Waals surface area contributed by atoms with Gasteiger partial charge in [-0.3, -0.25) is 4.79 Å². The van der Waals surface area contributed by atoms with Crippen molar-refractivity contribution >= 4 is 33.8 Å². The summed E-state index contributed by atoms with van der Waals surface area (Å²) in [7, 11) is 0. The number of nitrogens with zero attached hydrogens (tertiary/aromatic N) is 2. The molecule has 5 aromatic rings. The van der Waals surface area contributed by atoms with Crippen LogP contribution in [0.25, 0.3) is 27.9 Å². The Bertz CT molecular complexity index is 1450. The van der Waals surface area contributed by atoms with E-state index in [-0.39, 0.29) is 5.91 Å². The molecule has 0 atom stereocenters. The molecule has 4 aromatic carbocycles. The smallest absolute Gasteiger partial charge is 0.243 e. The van der Waals surface area contributed by atoms with Crippen LogP contribution in [0.5, 0.6) is 0 Å². The molecule has 5 rings (SSSR count). The first-order valence-electron chi connectivity index (χ1n) is 11.7. The summed E-state index contributed by atoms with van der Waals surface area (Å²) in [4.78, 5) is 17.1. The maximum absolute atomic E-state index is 12.2. The van der Waals surface area contributed by atoms with Gasteiger partial charge in [0.2, 0.25) is 5.91 Å². The summed E-state index contributed by atoms with van der Waals surface area (Å²) in [6, 6.07) is 33.2. The highest BCUT2D eigenvalue weighted by Crippen LogP contribution is 2.21. The highest BCUT2D eigenvalue weighted by molar-refractivity contribution is 5.91. The highest BCUT2D eigenvalue weighted by Gasteiger charge is 2.11. The zero-order valence-corrected chi connectivity index (χ0v) is 19.0. The molecule has 1 aromatic heterocycles. The molecule has 0 bridgehead atoms. The van der Waals surface area contributed by atoms with E-state index in [2.05, 4.69) is 70.5 Å². The number of para-hydroxylation sites is 2. The van der Waals surface area contributed by atoms with E-state index in [9.17, 15) is 4.79 Å². The largest absolute Gasteiger partial charge is 0.353 e. The van der Waals surface area contributed by atoms with Crippen molar-refractivity contribution in [3.8, 4) is 0 Å². The summed E-state index contributed by atoms with van der Waals surface area (Å²) >= 11 is 0. The first-order chi connectivity index (χ1) is 16.8. The lowest BCUT2D eigenvalue weighted by Gasteiger charge is -2.11. The maximum atomic E-state index is 12.2. The van der Waals surface area contributed by atoms with Crippen molar-refractivity contribution in [1.82, 2.24) is 14.9 Å². The molecule has 0 aliphatic heterocycles. The second kappa shape index (κ2) is 10.2. The number of carbonyl (C=O) groups excluding carboxylic acids is 1. The van der Waals surface area contributed by atoms with Gasteiger partial charge in [0, 0.05) is 25.6 Å². The third-order valence-electron chi connectivity index (χ3n) is 5.99. The molecule has 0 saturated carbocycles. The average molecular weight is 446 g/mol. The molecule has 0 spiro atoms. The summed E-state index contributed by atoms with van der Waals surface area (Å²) in [6.07, 6.45) is 5.04. The van der Waals surface area contributed by atoms with E-state index in [4.69, 9.17) is 4.98 Å². The van der Waals surface area contributed by atoms with E-state index in [1.54, 1.807) is 6.08 Å². The second-order valence-corrected chi connectivity index (χ2v) is 8.42.